The molecule has 42 heavy (non-hydrogen) atoms. The van der Waals surface area contributed by atoms with Crippen LogP contribution in [0.2, 0.25) is 0 Å². The Balaban J connectivity index is 1.36. The van der Waals surface area contributed by atoms with Crippen LogP contribution in [0.4, 0.5) is 17.5 Å². The number of carbonyl (C=O) groups excluding carboxylic acids is 2. The quantitative estimate of drug-likeness (QED) is 0.225. The first-order chi connectivity index (χ1) is 20.6. The summed E-state index contributed by atoms with van der Waals surface area (Å²) in [6.07, 6.45) is 11.0. The Bertz CT molecular complexity index is 1460. The molecule has 12 nitrogen and oxygen atoms in total. The average Bonchev–Trinajstić information content (AvgIpc) is 3.70. The van der Waals surface area contributed by atoms with Crippen LogP contribution in [0.5, 0.6) is 5.75 Å². The van der Waals surface area contributed by atoms with Gasteiger partial charge in [-0.3, -0.25) is 9.36 Å². The number of hydrogen-bond acceptors (Lipinski definition) is 10. The minimum absolute atomic E-state index is 0.0169. The lowest BCUT2D eigenvalue weighted by atomic mass is 10.0. The number of imidazole rings is 1. The number of anilines is 3. The molecule has 2 aromatic heterocycles. The van der Waals surface area contributed by atoms with E-state index in [1.165, 1.54) is 12.8 Å². The highest BCUT2D eigenvalue weighted by Gasteiger charge is 2.39. The van der Waals surface area contributed by atoms with Crippen LogP contribution in [0.3, 0.4) is 0 Å². The van der Waals surface area contributed by atoms with Gasteiger partial charge < -0.3 is 29.8 Å². The number of rotatable bonds is 13. The van der Waals surface area contributed by atoms with Crippen molar-refractivity contribution in [2.45, 2.75) is 64.0 Å². The van der Waals surface area contributed by atoms with E-state index in [9.17, 15) is 14.9 Å². The van der Waals surface area contributed by atoms with Crippen LogP contribution < -0.4 is 20.3 Å². The van der Waals surface area contributed by atoms with E-state index in [1.54, 1.807) is 37.8 Å². The zero-order chi connectivity index (χ0) is 29.5. The largest absolute Gasteiger partial charge is 0.495 e. The number of nitrogens with one attached hydrogen (secondary N) is 2. The van der Waals surface area contributed by atoms with Crippen LogP contribution in [-0.4, -0.2) is 64.6 Å². The summed E-state index contributed by atoms with van der Waals surface area (Å²) in [5.41, 5.74) is 3.24. The molecule has 1 aliphatic heterocycles. The average molecular weight is 573 g/mol. The van der Waals surface area contributed by atoms with Crippen LogP contribution in [0.25, 0.3) is 5.69 Å². The molecular formula is C30H36N8O4. The third kappa shape index (κ3) is 5.92. The van der Waals surface area contributed by atoms with Gasteiger partial charge in [0.05, 0.1) is 30.7 Å². The zero-order valence-electron chi connectivity index (χ0n) is 24.0. The molecule has 3 heterocycles. The van der Waals surface area contributed by atoms with Gasteiger partial charge in [0.2, 0.25) is 5.95 Å². The van der Waals surface area contributed by atoms with Gasteiger partial charge >= 0.3 is 0 Å². The van der Waals surface area contributed by atoms with E-state index in [0.29, 0.717) is 47.8 Å². The summed E-state index contributed by atoms with van der Waals surface area (Å²) >= 11 is 0. The normalized spacial score (nSPS) is 15.9. The number of nitrogens with zero attached hydrogens (tertiary/aromatic N) is 6. The molecule has 1 fully saturated rings. The van der Waals surface area contributed by atoms with Gasteiger partial charge in [-0.15, -0.1) is 0 Å². The Kier molecular flexibility index (Phi) is 9.28. The molecule has 1 aromatic carbocycles. The predicted molar refractivity (Wildman–Crippen MR) is 156 cm³/mol. The van der Waals surface area contributed by atoms with Gasteiger partial charge in [-0.2, -0.15) is 10.2 Å². The van der Waals surface area contributed by atoms with Crippen molar-refractivity contribution < 1.29 is 19.1 Å². The first-order valence-electron chi connectivity index (χ1n) is 14.5. The summed E-state index contributed by atoms with van der Waals surface area (Å²) in [6, 6.07) is 7.76. The van der Waals surface area contributed by atoms with Crippen molar-refractivity contribution in [1.82, 2.24) is 24.8 Å². The topological polar surface area (TPSA) is 147 Å². The summed E-state index contributed by atoms with van der Waals surface area (Å²) in [7, 11) is 1.55. The first kappa shape index (κ1) is 29.0. The molecule has 3 aromatic rings. The molecule has 220 valence electrons. The Morgan fingerprint density at radius 3 is 2.81 bits per heavy atom. The number of aromatic nitrogens is 4. The molecular weight excluding hydrogens is 536 g/mol. The predicted octanol–water partition coefficient (Wildman–Crippen LogP) is 4.23. The highest BCUT2D eigenvalue weighted by Crippen LogP contribution is 2.44. The van der Waals surface area contributed by atoms with Crippen LogP contribution in [0, 0.1) is 11.3 Å². The van der Waals surface area contributed by atoms with Crippen molar-refractivity contribution >= 4 is 29.6 Å². The molecule has 0 radical (unpaired) electrons. The summed E-state index contributed by atoms with van der Waals surface area (Å²) < 4.78 is 12.7. The molecule has 12 heteroatoms. The molecule has 5 rings (SSSR count). The highest BCUT2D eigenvalue weighted by molar-refractivity contribution is 5.95. The second-order valence-electron chi connectivity index (χ2n) is 10.4. The van der Waals surface area contributed by atoms with Crippen LogP contribution in [0.15, 0.2) is 30.7 Å². The van der Waals surface area contributed by atoms with E-state index in [1.807, 2.05) is 4.57 Å². The smallest absolute Gasteiger partial charge is 0.251 e. The van der Waals surface area contributed by atoms with Crippen molar-refractivity contribution in [3.63, 3.8) is 0 Å². The van der Waals surface area contributed by atoms with E-state index < -0.39 is 0 Å². The SMILES string of the molecule is CC[C@@H]1c2c(C#N)ncn2-c2cnc(Nc3ccc(C(=O)NCCCCOCC=O)cc3OC)nc2N1C1CCCC1. The fourth-order valence-corrected chi connectivity index (χ4v) is 5.84. The van der Waals surface area contributed by atoms with E-state index >= 15 is 0 Å². The molecule has 2 N–H and O–H groups in total. The first-order valence-corrected chi connectivity index (χ1v) is 14.5. The number of carbonyl (C=O) groups is 2. The number of fused-ring (bicyclic) bond motifs is 3. The molecule has 1 saturated carbocycles. The summed E-state index contributed by atoms with van der Waals surface area (Å²) in [5.74, 6) is 1.50. The van der Waals surface area contributed by atoms with Crippen molar-refractivity contribution in [2.24, 2.45) is 0 Å². The fraction of sp³-hybridized carbons (Fsp3) is 0.467. The number of amides is 1. The maximum Gasteiger partial charge on any atom is 0.251 e. The lowest BCUT2D eigenvalue weighted by Crippen LogP contribution is -2.42. The number of hydrogen-bond donors (Lipinski definition) is 2. The Morgan fingerprint density at radius 2 is 2.07 bits per heavy atom. The van der Waals surface area contributed by atoms with E-state index in [-0.39, 0.29) is 18.6 Å². The summed E-state index contributed by atoms with van der Waals surface area (Å²) in [6.45, 7) is 3.20. The van der Waals surface area contributed by atoms with Gasteiger partial charge in [0.25, 0.3) is 5.91 Å². The van der Waals surface area contributed by atoms with E-state index in [0.717, 1.165) is 55.6 Å². The summed E-state index contributed by atoms with van der Waals surface area (Å²) in [4.78, 5) is 39.3. The second kappa shape index (κ2) is 13.4. The third-order valence-electron chi connectivity index (χ3n) is 7.82. The number of ether oxygens (including phenoxy) is 2. The lowest BCUT2D eigenvalue weighted by Gasteiger charge is -2.41. The Morgan fingerprint density at radius 1 is 1.24 bits per heavy atom. The molecule has 0 bridgehead atoms. The zero-order valence-corrected chi connectivity index (χ0v) is 24.0. The molecule has 2 aliphatic rings. The Hall–Kier alpha value is -4.50. The van der Waals surface area contributed by atoms with Crippen molar-refractivity contribution in [3.05, 3.63) is 47.7 Å². The van der Waals surface area contributed by atoms with Gasteiger partial charge in [0, 0.05) is 24.8 Å². The number of benzene rings is 1. The lowest BCUT2D eigenvalue weighted by molar-refractivity contribution is -0.111. The maximum absolute atomic E-state index is 12.7. The third-order valence-corrected chi connectivity index (χ3v) is 7.82. The second-order valence-corrected chi connectivity index (χ2v) is 10.4. The van der Waals surface area contributed by atoms with E-state index in [4.69, 9.17) is 14.5 Å². The molecule has 1 amide bonds. The fourth-order valence-electron chi connectivity index (χ4n) is 5.84. The number of unbranched alkanes of at least 4 members (excludes halogenated alkanes) is 1. The minimum Gasteiger partial charge on any atom is -0.495 e. The van der Waals surface area contributed by atoms with Crippen LogP contribution in [-0.2, 0) is 9.53 Å². The van der Waals surface area contributed by atoms with Gasteiger partial charge in [0.1, 0.15) is 36.7 Å². The standard InChI is InChI=1S/C30H36N8O4/c1-3-24-27-23(17-31)34-19-37(27)25-18-33-30(36-28(25)38(24)21-8-4-5-9-21)35-22-11-10-20(16-26(22)41-2)29(40)32-12-6-7-14-42-15-13-39/h10-11,13,16,18-19,21,24H,3-9,12,14-15H2,1-2H3,(H,32,40)(H,33,35,36)/t24-/m1/s1. The maximum atomic E-state index is 12.7. The van der Waals surface area contributed by atoms with Crippen molar-refractivity contribution in [2.75, 3.05) is 37.1 Å². The van der Waals surface area contributed by atoms with Gasteiger partial charge in [0.15, 0.2) is 11.5 Å². The number of nitriles is 1. The van der Waals surface area contributed by atoms with Crippen molar-refractivity contribution in [1.29, 1.82) is 5.26 Å². The summed E-state index contributed by atoms with van der Waals surface area (Å²) in [5, 5.41) is 15.9. The highest BCUT2D eigenvalue weighted by atomic mass is 16.5. The van der Waals surface area contributed by atoms with Crippen LogP contribution >= 0.6 is 0 Å². The molecule has 1 aliphatic carbocycles. The minimum atomic E-state index is -0.204. The monoisotopic (exact) mass is 572 g/mol. The number of aldehydes is 1. The molecule has 0 saturated heterocycles. The Labute approximate surface area is 245 Å². The molecule has 0 unspecified atom stereocenters. The van der Waals surface area contributed by atoms with Gasteiger partial charge in [-0.05, 0) is 50.3 Å². The van der Waals surface area contributed by atoms with Gasteiger partial charge in [-0.1, -0.05) is 19.8 Å². The van der Waals surface area contributed by atoms with E-state index in [2.05, 4.69) is 38.5 Å². The molecule has 0 spiro atoms. The van der Waals surface area contributed by atoms with Crippen molar-refractivity contribution in [3.8, 4) is 17.5 Å². The molecule has 1 atom stereocenters. The van der Waals surface area contributed by atoms with Gasteiger partial charge in [-0.25, -0.2) is 9.97 Å². The van der Waals surface area contributed by atoms with Crippen LogP contribution in [0.1, 0.15) is 79.7 Å². The number of methoxy groups -OCH3 is 1.